The SMILES string of the molecule is Cc1nn(C2CCS(=O)(=O)C2)c(C)c1CC(=O)Nc1cccc(-c2nc3ccccc3o2)c1. The van der Waals surface area contributed by atoms with E-state index in [1.165, 1.54) is 0 Å². The number of carbonyl (C=O) groups is 1. The zero-order valence-corrected chi connectivity index (χ0v) is 19.2. The number of fused-ring (bicyclic) bond motifs is 1. The van der Waals surface area contributed by atoms with Gasteiger partial charge in [0.2, 0.25) is 11.8 Å². The maximum Gasteiger partial charge on any atom is 0.228 e. The first kappa shape index (κ1) is 21.4. The van der Waals surface area contributed by atoms with Gasteiger partial charge in [0.1, 0.15) is 5.52 Å². The van der Waals surface area contributed by atoms with E-state index in [2.05, 4.69) is 15.4 Å². The van der Waals surface area contributed by atoms with Gasteiger partial charge in [0, 0.05) is 22.5 Å². The highest BCUT2D eigenvalue weighted by molar-refractivity contribution is 7.91. The van der Waals surface area contributed by atoms with Crippen LogP contribution in [0, 0.1) is 13.8 Å². The van der Waals surface area contributed by atoms with E-state index in [0.717, 1.165) is 28.0 Å². The molecule has 1 atom stereocenters. The van der Waals surface area contributed by atoms with E-state index in [-0.39, 0.29) is 29.9 Å². The molecule has 1 aliphatic rings. The van der Waals surface area contributed by atoms with Crippen LogP contribution in [-0.2, 0) is 21.1 Å². The van der Waals surface area contributed by atoms with Gasteiger partial charge in [-0.3, -0.25) is 9.48 Å². The fourth-order valence-corrected chi connectivity index (χ4v) is 6.06. The van der Waals surface area contributed by atoms with E-state index >= 15 is 0 Å². The molecule has 170 valence electrons. The van der Waals surface area contributed by atoms with Crippen molar-refractivity contribution < 1.29 is 17.6 Å². The molecule has 0 saturated carbocycles. The summed E-state index contributed by atoms with van der Waals surface area (Å²) >= 11 is 0. The van der Waals surface area contributed by atoms with Gasteiger partial charge in [-0.2, -0.15) is 5.10 Å². The average Bonchev–Trinajstić information content (AvgIpc) is 3.45. The fraction of sp³-hybridized carbons (Fsp3) is 0.292. The monoisotopic (exact) mass is 464 g/mol. The Balaban J connectivity index is 1.32. The molecule has 33 heavy (non-hydrogen) atoms. The minimum atomic E-state index is -3.02. The third kappa shape index (κ3) is 4.28. The summed E-state index contributed by atoms with van der Waals surface area (Å²) in [5.41, 5.74) is 5.31. The van der Waals surface area contributed by atoms with Crippen LogP contribution >= 0.6 is 0 Å². The van der Waals surface area contributed by atoms with Crippen LogP contribution in [0.4, 0.5) is 5.69 Å². The van der Waals surface area contributed by atoms with Gasteiger partial charge in [-0.25, -0.2) is 13.4 Å². The molecule has 0 aliphatic carbocycles. The number of rotatable bonds is 5. The first-order valence-corrected chi connectivity index (χ1v) is 12.6. The number of carbonyl (C=O) groups excluding carboxylic acids is 1. The van der Waals surface area contributed by atoms with Crippen molar-refractivity contribution in [2.75, 3.05) is 16.8 Å². The van der Waals surface area contributed by atoms with Crippen molar-refractivity contribution in [1.82, 2.24) is 14.8 Å². The lowest BCUT2D eigenvalue weighted by molar-refractivity contribution is -0.115. The molecular formula is C24H24N4O4S. The molecule has 1 fully saturated rings. The summed E-state index contributed by atoms with van der Waals surface area (Å²) in [6.45, 7) is 3.74. The van der Waals surface area contributed by atoms with E-state index in [0.29, 0.717) is 23.6 Å². The molecule has 8 nitrogen and oxygen atoms in total. The summed E-state index contributed by atoms with van der Waals surface area (Å²) < 4.78 is 31.3. The third-order valence-corrected chi connectivity index (χ3v) is 7.80. The number of anilines is 1. The van der Waals surface area contributed by atoms with Gasteiger partial charge in [0.05, 0.1) is 29.7 Å². The number of aromatic nitrogens is 3. The molecule has 4 aromatic rings. The number of oxazole rings is 1. The van der Waals surface area contributed by atoms with E-state index in [4.69, 9.17) is 4.42 Å². The van der Waals surface area contributed by atoms with Crippen molar-refractivity contribution >= 4 is 32.5 Å². The topological polar surface area (TPSA) is 107 Å². The molecule has 1 saturated heterocycles. The Bertz CT molecular complexity index is 1440. The normalized spacial score (nSPS) is 17.5. The Morgan fingerprint density at radius 1 is 1.18 bits per heavy atom. The van der Waals surface area contributed by atoms with Crippen LogP contribution in [0.15, 0.2) is 52.9 Å². The number of hydrogen-bond donors (Lipinski definition) is 1. The third-order valence-electron chi connectivity index (χ3n) is 6.05. The summed E-state index contributed by atoms with van der Waals surface area (Å²) in [7, 11) is -3.02. The minimum absolute atomic E-state index is 0.100. The van der Waals surface area contributed by atoms with Crippen LogP contribution < -0.4 is 5.32 Å². The lowest BCUT2D eigenvalue weighted by Crippen LogP contribution is -2.16. The second-order valence-electron chi connectivity index (χ2n) is 8.44. The summed E-state index contributed by atoms with van der Waals surface area (Å²) in [4.78, 5) is 17.3. The van der Waals surface area contributed by atoms with E-state index in [1.807, 2.05) is 62.4 Å². The van der Waals surface area contributed by atoms with Gasteiger partial charge in [0.25, 0.3) is 0 Å². The Morgan fingerprint density at radius 2 is 2.00 bits per heavy atom. The smallest absolute Gasteiger partial charge is 0.228 e. The van der Waals surface area contributed by atoms with Crippen LogP contribution in [-0.4, -0.2) is 40.6 Å². The number of benzene rings is 2. The molecule has 0 spiro atoms. The Kier molecular flexibility index (Phi) is 5.28. The van der Waals surface area contributed by atoms with Gasteiger partial charge in [-0.15, -0.1) is 0 Å². The summed E-state index contributed by atoms with van der Waals surface area (Å²) in [5.74, 6) is 0.604. The number of aryl methyl sites for hydroxylation is 1. The van der Waals surface area contributed by atoms with E-state index < -0.39 is 9.84 Å². The molecule has 1 amide bonds. The molecule has 1 N–H and O–H groups in total. The second kappa shape index (κ2) is 8.15. The van der Waals surface area contributed by atoms with Crippen LogP contribution in [0.1, 0.15) is 29.4 Å². The predicted molar refractivity (Wildman–Crippen MR) is 126 cm³/mol. The molecule has 1 aliphatic heterocycles. The maximum absolute atomic E-state index is 12.8. The summed E-state index contributed by atoms with van der Waals surface area (Å²) in [5, 5.41) is 7.48. The number of hydrogen-bond acceptors (Lipinski definition) is 6. The molecule has 9 heteroatoms. The van der Waals surface area contributed by atoms with Crippen molar-refractivity contribution in [2.24, 2.45) is 0 Å². The molecule has 2 aromatic carbocycles. The fourth-order valence-electron chi connectivity index (χ4n) is 4.37. The highest BCUT2D eigenvalue weighted by atomic mass is 32.2. The average molecular weight is 465 g/mol. The number of nitrogens with one attached hydrogen (secondary N) is 1. The molecule has 0 radical (unpaired) electrons. The van der Waals surface area contributed by atoms with Crippen LogP contribution in [0.2, 0.25) is 0 Å². The summed E-state index contributed by atoms with van der Waals surface area (Å²) in [6, 6.07) is 14.8. The van der Waals surface area contributed by atoms with Crippen LogP contribution in [0.25, 0.3) is 22.6 Å². The van der Waals surface area contributed by atoms with Crippen molar-refractivity contribution in [3.05, 3.63) is 65.5 Å². The van der Waals surface area contributed by atoms with Crippen molar-refractivity contribution in [3.8, 4) is 11.5 Å². The Labute approximate surface area is 191 Å². The Morgan fingerprint density at radius 3 is 2.76 bits per heavy atom. The van der Waals surface area contributed by atoms with Crippen LogP contribution in [0.5, 0.6) is 0 Å². The molecule has 1 unspecified atom stereocenters. The Hall–Kier alpha value is -3.46. The molecule has 5 rings (SSSR count). The van der Waals surface area contributed by atoms with Gasteiger partial charge in [-0.1, -0.05) is 18.2 Å². The van der Waals surface area contributed by atoms with Gasteiger partial charge in [-0.05, 0) is 50.6 Å². The molecular weight excluding hydrogens is 440 g/mol. The standard InChI is InChI=1S/C24H24N4O4S/c1-15-20(16(2)28(27-15)19-10-11-33(30,31)14-19)13-23(29)25-18-7-5-6-17(12-18)24-26-21-8-3-4-9-22(21)32-24/h3-9,12,19H,10-11,13-14H2,1-2H3,(H,25,29). The highest BCUT2D eigenvalue weighted by Gasteiger charge is 2.31. The first-order valence-electron chi connectivity index (χ1n) is 10.8. The van der Waals surface area contributed by atoms with E-state index in [1.54, 1.807) is 4.68 Å². The minimum Gasteiger partial charge on any atom is -0.436 e. The van der Waals surface area contributed by atoms with Gasteiger partial charge < -0.3 is 9.73 Å². The molecule has 0 bridgehead atoms. The molecule has 2 aromatic heterocycles. The van der Waals surface area contributed by atoms with Gasteiger partial charge >= 0.3 is 0 Å². The van der Waals surface area contributed by atoms with Crippen molar-refractivity contribution in [1.29, 1.82) is 0 Å². The van der Waals surface area contributed by atoms with Gasteiger partial charge in [0.15, 0.2) is 15.4 Å². The lowest BCUT2D eigenvalue weighted by atomic mass is 10.1. The zero-order chi connectivity index (χ0) is 23.2. The largest absolute Gasteiger partial charge is 0.436 e. The van der Waals surface area contributed by atoms with Crippen molar-refractivity contribution in [3.63, 3.8) is 0 Å². The lowest BCUT2D eigenvalue weighted by Gasteiger charge is -2.11. The number of sulfone groups is 1. The quantitative estimate of drug-likeness (QED) is 0.481. The van der Waals surface area contributed by atoms with Crippen LogP contribution in [0.3, 0.4) is 0 Å². The van der Waals surface area contributed by atoms with E-state index in [9.17, 15) is 13.2 Å². The van der Waals surface area contributed by atoms with Crippen molar-refractivity contribution in [2.45, 2.75) is 32.7 Å². The zero-order valence-electron chi connectivity index (χ0n) is 18.4. The number of para-hydroxylation sites is 2. The predicted octanol–water partition coefficient (Wildman–Crippen LogP) is 3.85. The maximum atomic E-state index is 12.8. The highest BCUT2D eigenvalue weighted by Crippen LogP contribution is 2.28. The molecule has 3 heterocycles. The summed E-state index contributed by atoms with van der Waals surface area (Å²) in [6.07, 6.45) is 0.711. The number of nitrogens with zero attached hydrogens (tertiary/aromatic N) is 3. The number of amides is 1. The first-order chi connectivity index (χ1) is 15.8. The second-order valence-corrected chi connectivity index (χ2v) is 10.7.